The number of fused-ring (bicyclic) bond motifs is 1. The van der Waals surface area contributed by atoms with E-state index in [2.05, 4.69) is 5.32 Å². The first-order valence-electron chi connectivity index (χ1n) is 9.81. The summed E-state index contributed by atoms with van der Waals surface area (Å²) in [7, 11) is 0. The first-order valence-corrected chi connectivity index (χ1v) is 9.81. The Kier molecular flexibility index (Phi) is 5.62. The molecule has 1 amide bonds. The standard InChI is InChI=1S/C25H20N2O4/c28-22-14-13-18-9-4-5-12-21(18)24(22)25(19-10-6-11-20(16-19)27(30)31)26-23(29)15-17-7-2-1-3-8-17/h1-14,16,25,28H,15H2,(H,26,29)/t25-/m1/s1. The number of nitrogens with one attached hydrogen (secondary N) is 1. The minimum Gasteiger partial charge on any atom is -0.508 e. The maximum Gasteiger partial charge on any atom is 0.269 e. The van der Waals surface area contributed by atoms with Gasteiger partial charge in [0, 0.05) is 17.7 Å². The monoisotopic (exact) mass is 412 g/mol. The lowest BCUT2D eigenvalue weighted by atomic mass is 9.92. The summed E-state index contributed by atoms with van der Waals surface area (Å²) >= 11 is 0. The lowest BCUT2D eigenvalue weighted by Crippen LogP contribution is -2.30. The summed E-state index contributed by atoms with van der Waals surface area (Å²) in [4.78, 5) is 23.8. The maximum absolute atomic E-state index is 12.9. The van der Waals surface area contributed by atoms with Crippen LogP contribution in [0.25, 0.3) is 10.8 Å². The van der Waals surface area contributed by atoms with Crippen molar-refractivity contribution in [3.8, 4) is 5.75 Å². The highest BCUT2D eigenvalue weighted by molar-refractivity contribution is 5.89. The number of benzene rings is 4. The van der Waals surface area contributed by atoms with Crippen LogP contribution in [-0.2, 0) is 11.2 Å². The molecule has 154 valence electrons. The third kappa shape index (κ3) is 4.38. The number of carbonyl (C=O) groups is 1. The number of phenols is 1. The number of aromatic hydroxyl groups is 1. The van der Waals surface area contributed by atoms with Gasteiger partial charge in [-0.25, -0.2) is 0 Å². The molecule has 0 heterocycles. The highest BCUT2D eigenvalue weighted by Crippen LogP contribution is 2.36. The van der Waals surface area contributed by atoms with E-state index in [0.717, 1.165) is 16.3 Å². The van der Waals surface area contributed by atoms with E-state index in [1.807, 2.05) is 54.6 Å². The fourth-order valence-electron chi connectivity index (χ4n) is 3.72. The summed E-state index contributed by atoms with van der Waals surface area (Å²) < 4.78 is 0. The van der Waals surface area contributed by atoms with E-state index >= 15 is 0 Å². The zero-order valence-corrected chi connectivity index (χ0v) is 16.6. The summed E-state index contributed by atoms with van der Waals surface area (Å²) in [5.41, 5.74) is 1.78. The fourth-order valence-corrected chi connectivity index (χ4v) is 3.72. The van der Waals surface area contributed by atoms with Crippen molar-refractivity contribution < 1.29 is 14.8 Å². The molecule has 0 aliphatic heterocycles. The number of nitro benzene ring substituents is 1. The third-order valence-corrected chi connectivity index (χ3v) is 5.16. The Morgan fingerprint density at radius 2 is 1.68 bits per heavy atom. The summed E-state index contributed by atoms with van der Waals surface area (Å²) in [5, 5.41) is 26.7. The molecule has 1 atom stereocenters. The average molecular weight is 412 g/mol. The molecule has 2 N–H and O–H groups in total. The lowest BCUT2D eigenvalue weighted by Gasteiger charge is -2.22. The summed E-state index contributed by atoms with van der Waals surface area (Å²) in [6.07, 6.45) is 0.151. The van der Waals surface area contributed by atoms with Crippen molar-refractivity contribution in [2.24, 2.45) is 0 Å². The number of nitrogens with zero attached hydrogens (tertiary/aromatic N) is 1. The van der Waals surface area contributed by atoms with E-state index in [1.54, 1.807) is 24.3 Å². The van der Waals surface area contributed by atoms with Crippen molar-refractivity contribution in [3.63, 3.8) is 0 Å². The lowest BCUT2D eigenvalue weighted by molar-refractivity contribution is -0.384. The van der Waals surface area contributed by atoms with E-state index < -0.39 is 11.0 Å². The van der Waals surface area contributed by atoms with Crippen molar-refractivity contribution in [1.29, 1.82) is 0 Å². The van der Waals surface area contributed by atoms with Crippen LogP contribution in [-0.4, -0.2) is 15.9 Å². The van der Waals surface area contributed by atoms with Crippen molar-refractivity contribution >= 4 is 22.4 Å². The van der Waals surface area contributed by atoms with E-state index in [9.17, 15) is 20.0 Å². The van der Waals surface area contributed by atoms with Gasteiger partial charge in [0.1, 0.15) is 5.75 Å². The Bertz CT molecular complexity index is 1250. The number of phenolic OH excluding ortho intramolecular Hbond substituents is 1. The zero-order valence-electron chi connectivity index (χ0n) is 16.6. The van der Waals surface area contributed by atoms with Crippen molar-refractivity contribution in [2.75, 3.05) is 0 Å². The minimum absolute atomic E-state index is 0.00946. The maximum atomic E-state index is 12.9. The molecular formula is C25H20N2O4. The predicted molar refractivity (Wildman–Crippen MR) is 119 cm³/mol. The van der Waals surface area contributed by atoms with Gasteiger partial charge in [0.25, 0.3) is 5.69 Å². The van der Waals surface area contributed by atoms with E-state index in [0.29, 0.717) is 11.1 Å². The van der Waals surface area contributed by atoms with Crippen LogP contribution < -0.4 is 5.32 Å². The molecule has 6 heteroatoms. The number of hydrogen-bond acceptors (Lipinski definition) is 4. The van der Waals surface area contributed by atoms with Crippen molar-refractivity contribution in [2.45, 2.75) is 12.5 Å². The number of amides is 1. The van der Waals surface area contributed by atoms with Gasteiger partial charge in [0.05, 0.1) is 17.4 Å². The van der Waals surface area contributed by atoms with Crippen molar-refractivity contribution in [3.05, 3.63) is 118 Å². The van der Waals surface area contributed by atoms with Gasteiger partial charge in [0.2, 0.25) is 5.91 Å². The second-order valence-electron chi connectivity index (χ2n) is 7.23. The van der Waals surface area contributed by atoms with Gasteiger partial charge < -0.3 is 10.4 Å². The Labute approximate surface area is 178 Å². The van der Waals surface area contributed by atoms with Gasteiger partial charge in [-0.15, -0.1) is 0 Å². The molecule has 0 spiro atoms. The van der Waals surface area contributed by atoms with Crippen LogP contribution in [0.4, 0.5) is 5.69 Å². The molecule has 4 aromatic rings. The van der Waals surface area contributed by atoms with Crippen LogP contribution in [0.2, 0.25) is 0 Å². The molecular weight excluding hydrogens is 392 g/mol. The normalized spacial score (nSPS) is 11.7. The quantitative estimate of drug-likeness (QED) is 0.348. The molecule has 0 aliphatic rings. The Morgan fingerprint density at radius 3 is 2.45 bits per heavy atom. The predicted octanol–water partition coefficient (Wildman–Crippen LogP) is 4.90. The third-order valence-electron chi connectivity index (χ3n) is 5.16. The van der Waals surface area contributed by atoms with Gasteiger partial charge in [-0.2, -0.15) is 0 Å². The average Bonchev–Trinajstić information content (AvgIpc) is 2.78. The highest BCUT2D eigenvalue weighted by atomic mass is 16.6. The number of hydrogen-bond donors (Lipinski definition) is 2. The summed E-state index contributed by atoms with van der Waals surface area (Å²) in [6, 6.07) is 25.5. The van der Waals surface area contributed by atoms with E-state index in [-0.39, 0.29) is 23.8 Å². The topological polar surface area (TPSA) is 92.5 Å². The van der Waals surface area contributed by atoms with Crippen LogP contribution in [0.5, 0.6) is 5.75 Å². The van der Waals surface area contributed by atoms with Crippen LogP contribution in [0.1, 0.15) is 22.7 Å². The molecule has 0 unspecified atom stereocenters. The molecule has 31 heavy (non-hydrogen) atoms. The van der Waals surface area contributed by atoms with Crippen LogP contribution in [0.15, 0.2) is 91.0 Å². The van der Waals surface area contributed by atoms with Gasteiger partial charge in [-0.3, -0.25) is 14.9 Å². The second kappa shape index (κ2) is 8.67. The second-order valence-corrected chi connectivity index (χ2v) is 7.23. The van der Waals surface area contributed by atoms with Crippen LogP contribution >= 0.6 is 0 Å². The Morgan fingerprint density at radius 1 is 0.935 bits per heavy atom. The molecule has 4 rings (SSSR count). The SMILES string of the molecule is O=C(Cc1ccccc1)N[C@H](c1cccc([N+](=O)[O-])c1)c1c(O)ccc2ccccc12. The van der Waals surface area contributed by atoms with Gasteiger partial charge in [0.15, 0.2) is 0 Å². The number of rotatable bonds is 6. The van der Waals surface area contributed by atoms with Gasteiger partial charge in [-0.1, -0.05) is 72.8 Å². The molecule has 0 bridgehead atoms. The first kappa shape index (κ1) is 20.1. The van der Waals surface area contributed by atoms with Crippen LogP contribution in [0.3, 0.4) is 0 Å². The van der Waals surface area contributed by atoms with Crippen molar-refractivity contribution in [1.82, 2.24) is 5.32 Å². The minimum atomic E-state index is -0.762. The molecule has 0 aromatic heterocycles. The Hall–Kier alpha value is -4.19. The Balaban J connectivity index is 1.80. The molecule has 0 aliphatic carbocycles. The van der Waals surface area contributed by atoms with E-state index in [1.165, 1.54) is 12.1 Å². The van der Waals surface area contributed by atoms with Gasteiger partial charge >= 0.3 is 0 Å². The smallest absolute Gasteiger partial charge is 0.269 e. The molecule has 6 nitrogen and oxygen atoms in total. The molecule has 0 radical (unpaired) electrons. The van der Waals surface area contributed by atoms with E-state index in [4.69, 9.17) is 0 Å². The summed E-state index contributed by atoms with van der Waals surface area (Å²) in [6.45, 7) is 0. The fraction of sp³-hybridized carbons (Fsp3) is 0.0800. The number of carbonyl (C=O) groups excluding carboxylic acids is 1. The zero-order chi connectivity index (χ0) is 21.8. The molecule has 0 fully saturated rings. The molecule has 0 saturated carbocycles. The number of nitro groups is 1. The highest BCUT2D eigenvalue weighted by Gasteiger charge is 2.24. The molecule has 0 saturated heterocycles. The largest absolute Gasteiger partial charge is 0.508 e. The molecule has 4 aromatic carbocycles. The number of non-ortho nitro benzene ring substituents is 1. The van der Waals surface area contributed by atoms with Crippen LogP contribution in [0, 0.1) is 10.1 Å². The first-order chi connectivity index (χ1) is 15.0. The van der Waals surface area contributed by atoms with Gasteiger partial charge in [-0.05, 0) is 28.0 Å². The summed E-state index contributed by atoms with van der Waals surface area (Å²) in [5.74, 6) is -0.245.